The zero-order chi connectivity index (χ0) is 11.4. The van der Waals surface area contributed by atoms with Crippen LogP contribution in [0.5, 0.6) is 11.6 Å². The first kappa shape index (κ1) is 11.2. The zero-order valence-electron chi connectivity index (χ0n) is 9.98. The van der Waals surface area contributed by atoms with Gasteiger partial charge in [-0.25, -0.2) is 4.98 Å². The Morgan fingerprint density at radius 1 is 1.25 bits per heavy atom. The van der Waals surface area contributed by atoms with Gasteiger partial charge in [-0.05, 0) is 37.7 Å². The van der Waals surface area contributed by atoms with Gasteiger partial charge in [0, 0.05) is 12.3 Å². The van der Waals surface area contributed by atoms with E-state index in [1.165, 1.54) is 12.8 Å². The number of hydrogen-bond donors (Lipinski definition) is 0. The molecule has 1 saturated carbocycles. The lowest BCUT2D eigenvalue weighted by atomic mass is 9.89. The standard InChI is InChI=1S/C13H19NO2/c1-10-3-5-11(6-4-10)16-13-9-12(15-2)7-8-14-13/h7-11H,3-6H2,1-2H3/t10-,11-. The highest BCUT2D eigenvalue weighted by molar-refractivity contribution is 5.26. The first-order chi connectivity index (χ1) is 7.78. The molecule has 1 aliphatic carbocycles. The number of aromatic nitrogens is 1. The number of hydrogen-bond acceptors (Lipinski definition) is 3. The van der Waals surface area contributed by atoms with E-state index in [1.54, 1.807) is 13.3 Å². The second-order valence-corrected chi connectivity index (χ2v) is 4.53. The molecule has 1 aromatic heterocycles. The van der Waals surface area contributed by atoms with Gasteiger partial charge in [0.2, 0.25) is 5.88 Å². The van der Waals surface area contributed by atoms with Gasteiger partial charge in [0.1, 0.15) is 11.9 Å². The fourth-order valence-corrected chi connectivity index (χ4v) is 2.10. The van der Waals surface area contributed by atoms with Gasteiger partial charge in [0.15, 0.2) is 0 Å². The molecule has 0 saturated heterocycles. The van der Waals surface area contributed by atoms with E-state index in [-0.39, 0.29) is 0 Å². The van der Waals surface area contributed by atoms with E-state index in [0.29, 0.717) is 12.0 Å². The molecular weight excluding hydrogens is 202 g/mol. The topological polar surface area (TPSA) is 31.4 Å². The summed E-state index contributed by atoms with van der Waals surface area (Å²) in [5.74, 6) is 2.33. The van der Waals surface area contributed by atoms with Crippen molar-refractivity contribution in [3.63, 3.8) is 0 Å². The molecule has 0 aliphatic heterocycles. The summed E-state index contributed by atoms with van der Waals surface area (Å²) in [6.07, 6.45) is 6.85. The summed E-state index contributed by atoms with van der Waals surface area (Å²) in [4.78, 5) is 4.20. The first-order valence-corrected chi connectivity index (χ1v) is 5.94. The smallest absolute Gasteiger partial charge is 0.217 e. The molecule has 88 valence electrons. The average Bonchev–Trinajstić information content (AvgIpc) is 2.32. The minimum absolute atomic E-state index is 0.329. The third kappa shape index (κ3) is 2.87. The minimum Gasteiger partial charge on any atom is -0.497 e. The summed E-state index contributed by atoms with van der Waals surface area (Å²) in [5, 5.41) is 0. The molecule has 0 radical (unpaired) electrons. The van der Waals surface area contributed by atoms with Crippen LogP contribution in [0.1, 0.15) is 32.6 Å². The van der Waals surface area contributed by atoms with E-state index >= 15 is 0 Å². The molecule has 0 N–H and O–H groups in total. The maximum Gasteiger partial charge on any atom is 0.217 e. The van der Waals surface area contributed by atoms with Crippen molar-refractivity contribution < 1.29 is 9.47 Å². The lowest BCUT2D eigenvalue weighted by Crippen LogP contribution is -2.23. The van der Waals surface area contributed by atoms with Crippen molar-refractivity contribution in [2.24, 2.45) is 5.92 Å². The van der Waals surface area contributed by atoms with Gasteiger partial charge in [-0.2, -0.15) is 0 Å². The normalized spacial score (nSPS) is 25.1. The van der Waals surface area contributed by atoms with Crippen molar-refractivity contribution >= 4 is 0 Å². The molecule has 2 rings (SSSR count). The Bertz CT molecular complexity index is 332. The highest BCUT2D eigenvalue weighted by Gasteiger charge is 2.19. The van der Waals surface area contributed by atoms with Crippen molar-refractivity contribution in [3.05, 3.63) is 18.3 Å². The summed E-state index contributed by atoms with van der Waals surface area (Å²) < 4.78 is 11.0. The van der Waals surface area contributed by atoms with Crippen LogP contribution in [-0.4, -0.2) is 18.2 Å². The SMILES string of the molecule is COc1ccnc(O[C@H]2CC[C@H](C)CC2)c1. The van der Waals surface area contributed by atoms with E-state index < -0.39 is 0 Å². The van der Waals surface area contributed by atoms with Crippen molar-refractivity contribution in [2.45, 2.75) is 38.7 Å². The third-order valence-corrected chi connectivity index (χ3v) is 3.19. The minimum atomic E-state index is 0.329. The van der Waals surface area contributed by atoms with Crippen LogP contribution in [0, 0.1) is 5.92 Å². The summed E-state index contributed by atoms with van der Waals surface area (Å²) >= 11 is 0. The van der Waals surface area contributed by atoms with Gasteiger partial charge in [0.05, 0.1) is 7.11 Å². The molecule has 0 unspecified atom stereocenters. The largest absolute Gasteiger partial charge is 0.497 e. The van der Waals surface area contributed by atoms with Crippen molar-refractivity contribution in [1.82, 2.24) is 4.98 Å². The van der Waals surface area contributed by atoms with Crippen LogP contribution >= 0.6 is 0 Å². The van der Waals surface area contributed by atoms with E-state index in [4.69, 9.17) is 9.47 Å². The molecule has 3 nitrogen and oxygen atoms in total. The van der Waals surface area contributed by atoms with E-state index in [1.807, 2.05) is 12.1 Å². The van der Waals surface area contributed by atoms with Crippen LogP contribution in [0.15, 0.2) is 18.3 Å². The van der Waals surface area contributed by atoms with Crippen LogP contribution in [0.2, 0.25) is 0 Å². The van der Waals surface area contributed by atoms with Gasteiger partial charge >= 0.3 is 0 Å². The molecule has 0 spiro atoms. The zero-order valence-corrected chi connectivity index (χ0v) is 9.98. The molecule has 0 atom stereocenters. The second-order valence-electron chi connectivity index (χ2n) is 4.53. The Morgan fingerprint density at radius 3 is 2.69 bits per heavy atom. The van der Waals surface area contributed by atoms with E-state index in [2.05, 4.69) is 11.9 Å². The second kappa shape index (κ2) is 5.19. The van der Waals surface area contributed by atoms with Gasteiger partial charge < -0.3 is 9.47 Å². The Balaban J connectivity index is 1.93. The summed E-state index contributed by atoms with van der Waals surface area (Å²) in [6, 6.07) is 3.67. The van der Waals surface area contributed by atoms with Crippen LogP contribution in [0.3, 0.4) is 0 Å². The lowest BCUT2D eigenvalue weighted by molar-refractivity contribution is 0.129. The lowest BCUT2D eigenvalue weighted by Gasteiger charge is -2.26. The van der Waals surface area contributed by atoms with Crippen LogP contribution in [0.25, 0.3) is 0 Å². The Labute approximate surface area is 96.8 Å². The van der Waals surface area contributed by atoms with Crippen molar-refractivity contribution in [3.8, 4) is 11.6 Å². The molecule has 1 heterocycles. The van der Waals surface area contributed by atoms with Gasteiger partial charge in [-0.15, -0.1) is 0 Å². The fraction of sp³-hybridized carbons (Fsp3) is 0.615. The summed E-state index contributed by atoms with van der Waals surface area (Å²) in [5.41, 5.74) is 0. The predicted molar refractivity (Wildman–Crippen MR) is 62.8 cm³/mol. The molecular formula is C13H19NO2. The number of nitrogens with zero attached hydrogens (tertiary/aromatic N) is 1. The summed E-state index contributed by atoms with van der Waals surface area (Å²) in [7, 11) is 1.65. The predicted octanol–water partition coefficient (Wildman–Crippen LogP) is 3.05. The van der Waals surface area contributed by atoms with Crippen LogP contribution < -0.4 is 9.47 Å². The monoisotopic (exact) mass is 221 g/mol. The molecule has 16 heavy (non-hydrogen) atoms. The van der Waals surface area contributed by atoms with Gasteiger partial charge in [-0.1, -0.05) is 6.92 Å². The van der Waals surface area contributed by atoms with Crippen molar-refractivity contribution in [1.29, 1.82) is 0 Å². The number of ether oxygens (including phenoxy) is 2. The molecule has 0 bridgehead atoms. The maximum absolute atomic E-state index is 5.86. The number of pyridine rings is 1. The van der Waals surface area contributed by atoms with Crippen LogP contribution in [-0.2, 0) is 0 Å². The Kier molecular flexibility index (Phi) is 3.65. The van der Waals surface area contributed by atoms with E-state index in [9.17, 15) is 0 Å². The molecule has 0 aromatic carbocycles. The third-order valence-electron chi connectivity index (χ3n) is 3.19. The van der Waals surface area contributed by atoms with Crippen LogP contribution in [0.4, 0.5) is 0 Å². The number of rotatable bonds is 3. The Morgan fingerprint density at radius 2 is 2.00 bits per heavy atom. The molecule has 1 aliphatic rings. The quantitative estimate of drug-likeness (QED) is 0.786. The molecule has 1 fully saturated rings. The van der Waals surface area contributed by atoms with Crippen molar-refractivity contribution in [2.75, 3.05) is 7.11 Å². The van der Waals surface area contributed by atoms with Gasteiger partial charge in [0.25, 0.3) is 0 Å². The van der Waals surface area contributed by atoms with E-state index in [0.717, 1.165) is 24.5 Å². The average molecular weight is 221 g/mol. The Hall–Kier alpha value is -1.25. The fourth-order valence-electron chi connectivity index (χ4n) is 2.10. The summed E-state index contributed by atoms with van der Waals surface area (Å²) in [6.45, 7) is 2.31. The number of methoxy groups -OCH3 is 1. The highest BCUT2D eigenvalue weighted by Crippen LogP contribution is 2.27. The van der Waals surface area contributed by atoms with Gasteiger partial charge in [-0.3, -0.25) is 0 Å². The molecule has 1 aromatic rings. The molecule has 0 amide bonds. The molecule has 3 heteroatoms. The first-order valence-electron chi connectivity index (χ1n) is 5.94. The maximum atomic E-state index is 5.86. The highest BCUT2D eigenvalue weighted by atomic mass is 16.5.